The first-order valence-corrected chi connectivity index (χ1v) is 13.4. The summed E-state index contributed by atoms with van der Waals surface area (Å²) in [5.41, 5.74) is 0. The Morgan fingerprint density at radius 2 is 0.586 bits per heavy atom. The molecule has 0 saturated carbocycles. The van der Waals surface area contributed by atoms with E-state index in [0.717, 1.165) is 0 Å². The zero-order valence-electron chi connectivity index (χ0n) is 16.3. The van der Waals surface area contributed by atoms with Crippen molar-refractivity contribution in [3.63, 3.8) is 0 Å². The predicted molar refractivity (Wildman–Crippen MR) is 136 cm³/mol. The molecule has 0 aromatic heterocycles. The maximum Gasteiger partial charge on any atom is -0.0397 e. The second kappa shape index (κ2) is 8.44. The highest BCUT2D eigenvalue weighted by molar-refractivity contribution is 8.05. The molecule has 0 N–H and O–H groups in total. The van der Waals surface area contributed by atoms with E-state index in [4.69, 9.17) is 17.5 Å². The van der Waals surface area contributed by atoms with Gasteiger partial charge in [0.2, 0.25) is 0 Å². The van der Waals surface area contributed by atoms with Crippen LogP contribution in [-0.4, -0.2) is 12.6 Å². The Hall–Kier alpha value is -2.56. The van der Waals surface area contributed by atoms with Crippen molar-refractivity contribution < 1.29 is 0 Å². The maximum absolute atomic E-state index is 5.62. The van der Waals surface area contributed by atoms with Crippen LogP contribution in [0.3, 0.4) is 0 Å². The fourth-order valence-corrected chi connectivity index (χ4v) is 10.5. The Morgan fingerprint density at radius 1 is 0.379 bits per heavy atom. The first kappa shape index (κ1) is 19.7. The average molecular weight is 412 g/mol. The molecular weight excluding hydrogens is 388 g/mol. The van der Waals surface area contributed by atoms with Crippen LogP contribution in [0.15, 0.2) is 121 Å². The van der Waals surface area contributed by atoms with E-state index in [1.165, 1.54) is 21.2 Å². The molecule has 0 atom stereocenters. The lowest BCUT2D eigenvalue weighted by atomic mass is 10.4. The fraction of sp³-hybridized carbons (Fsp3) is 0. The van der Waals surface area contributed by atoms with Gasteiger partial charge in [0.05, 0.1) is 0 Å². The summed E-state index contributed by atoms with van der Waals surface area (Å²) in [5, 5.41) is 4.69. The molecule has 0 saturated heterocycles. The van der Waals surface area contributed by atoms with Gasteiger partial charge in [0.15, 0.2) is 0 Å². The van der Waals surface area contributed by atoms with E-state index in [1.54, 1.807) is 0 Å². The van der Waals surface area contributed by atoms with Crippen LogP contribution in [0.4, 0.5) is 0 Å². The standard InChI is InChI=1S/C26H24NP2/c1-28(23-15-7-3-8-16-23,24-17-9-4-10-18-24)27-29(2,25-19-11-5-12-20-25)26-21-13-6-14-22-26/h3-22H,1-2H2/q-1. The molecule has 0 aliphatic carbocycles. The van der Waals surface area contributed by atoms with E-state index in [2.05, 4.69) is 97.1 Å². The Bertz CT molecular complexity index is 973. The van der Waals surface area contributed by atoms with Gasteiger partial charge in [-0.2, -0.15) is 0 Å². The topological polar surface area (TPSA) is 14.1 Å². The third kappa shape index (κ3) is 3.96. The van der Waals surface area contributed by atoms with E-state index in [-0.39, 0.29) is 0 Å². The summed E-state index contributed by atoms with van der Waals surface area (Å²) in [6, 6.07) is 41.9. The van der Waals surface area contributed by atoms with Crippen molar-refractivity contribution in [3.05, 3.63) is 126 Å². The number of benzene rings is 4. The Morgan fingerprint density at radius 3 is 0.793 bits per heavy atom. The van der Waals surface area contributed by atoms with E-state index in [0.29, 0.717) is 0 Å². The minimum Gasteiger partial charge on any atom is -0.595 e. The minimum absolute atomic E-state index is 1.17. The number of rotatable bonds is 6. The lowest BCUT2D eigenvalue weighted by molar-refractivity contribution is 1.74. The molecule has 4 rings (SSSR count). The summed E-state index contributed by atoms with van der Waals surface area (Å²) in [7, 11) is -4.53. The molecule has 144 valence electrons. The van der Waals surface area contributed by atoms with Crippen LogP contribution in [0.25, 0.3) is 4.86 Å². The van der Waals surface area contributed by atoms with E-state index < -0.39 is 14.1 Å². The van der Waals surface area contributed by atoms with E-state index in [1.807, 2.05) is 24.3 Å². The van der Waals surface area contributed by atoms with Gasteiger partial charge in [-0.25, -0.2) is 0 Å². The maximum atomic E-state index is 5.62. The number of nitrogens with zero attached hydrogens (tertiary/aromatic N) is 1. The van der Waals surface area contributed by atoms with Crippen molar-refractivity contribution in [2.24, 2.45) is 0 Å². The van der Waals surface area contributed by atoms with Crippen molar-refractivity contribution >= 4 is 47.9 Å². The van der Waals surface area contributed by atoms with Crippen molar-refractivity contribution in [1.29, 1.82) is 0 Å². The van der Waals surface area contributed by atoms with Crippen LogP contribution in [0, 0.1) is 0 Å². The molecular formula is C26H24NP2-. The second-order valence-electron chi connectivity index (χ2n) is 6.97. The molecule has 4 aromatic rings. The highest BCUT2D eigenvalue weighted by atomic mass is 31.2. The van der Waals surface area contributed by atoms with Crippen LogP contribution in [0.2, 0.25) is 0 Å². The molecule has 0 spiro atoms. The molecule has 1 nitrogen and oxygen atoms in total. The van der Waals surface area contributed by atoms with Crippen molar-refractivity contribution in [2.45, 2.75) is 0 Å². The fourth-order valence-electron chi connectivity index (χ4n) is 3.46. The smallest absolute Gasteiger partial charge is 0.0397 e. The van der Waals surface area contributed by atoms with Gasteiger partial charge >= 0.3 is 0 Å². The highest BCUT2D eigenvalue weighted by Crippen LogP contribution is 2.66. The summed E-state index contributed by atoms with van der Waals surface area (Å²) in [5.74, 6) is 0. The molecule has 0 amide bonds. The van der Waals surface area contributed by atoms with Crippen molar-refractivity contribution in [3.8, 4) is 0 Å². The normalized spacial score (nSPS) is 11.9. The van der Waals surface area contributed by atoms with Crippen LogP contribution in [-0.2, 0) is 0 Å². The SMILES string of the molecule is C=P([N-]P(=C)(c1ccccc1)c1ccccc1)(c1ccccc1)c1ccccc1. The first-order valence-electron chi connectivity index (χ1n) is 9.57. The summed E-state index contributed by atoms with van der Waals surface area (Å²) < 4.78 is 0. The Labute approximate surface area is 174 Å². The monoisotopic (exact) mass is 412 g/mol. The second-order valence-corrected chi connectivity index (χ2v) is 12.8. The average Bonchev–Trinajstić information content (AvgIpc) is 2.81. The molecule has 0 fully saturated rings. The van der Waals surface area contributed by atoms with Crippen LogP contribution in [0.5, 0.6) is 0 Å². The molecule has 0 radical (unpaired) electrons. The van der Waals surface area contributed by atoms with Gasteiger partial charge < -0.3 is 4.86 Å². The van der Waals surface area contributed by atoms with Crippen LogP contribution in [0.1, 0.15) is 0 Å². The van der Waals surface area contributed by atoms with Crippen LogP contribution < -0.4 is 21.2 Å². The molecule has 0 aliphatic rings. The zero-order chi connectivity index (χ0) is 20.2. The van der Waals surface area contributed by atoms with E-state index >= 15 is 0 Å². The largest absolute Gasteiger partial charge is 0.595 e. The quantitative estimate of drug-likeness (QED) is 0.377. The Balaban J connectivity index is 1.93. The summed E-state index contributed by atoms with van der Waals surface area (Å²) in [6.45, 7) is 0. The van der Waals surface area contributed by atoms with Crippen molar-refractivity contribution in [1.82, 2.24) is 0 Å². The molecule has 29 heavy (non-hydrogen) atoms. The third-order valence-electron chi connectivity index (χ3n) is 5.04. The lowest BCUT2D eigenvalue weighted by Crippen LogP contribution is -2.21. The van der Waals surface area contributed by atoms with Crippen molar-refractivity contribution in [2.75, 3.05) is 0 Å². The zero-order valence-corrected chi connectivity index (χ0v) is 18.1. The van der Waals surface area contributed by atoms with Gasteiger partial charge in [-0.05, 0) is 21.2 Å². The Kier molecular flexibility index (Phi) is 5.74. The molecule has 0 bridgehead atoms. The summed E-state index contributed by atoms with van der Waals surface area (Å²) >= 11 is 0. The lowest BCUT2D eigenvalue weighted by Gasteiger charge is -2.50. The summed E-state index contributed by atoms with van der Waals surface area (Å²) in [4.78, 5) is 5.62. The van der Waals surface area contributed by atoms with Gasteiger partial charge in [-0.1, -0.05) is 121 Å². The minimum atomic E-state index is -2.26. The molecule has 0 heterocycles. The first-order chi connectivity index (χ1) is 14.1. The van der Waals surface area contributed by atoms with Gasteiger partial charge in [0.1, 0.15) is 0 Å². The molecule has 3 heteroatoms. The molecule has 4 aromatic carbocycles. The third-order valence-corrected chi connectivity index (χ3v) is 12.1. The van der Waals surface area contributed by atoms with Crippen LogP contribution >= 0.6 is 14.1 Å². The summed E-state index contributed by atoms with van der Waals surface area (Å²) in [6.07, 6.45) is 9.56. The van der Waals surface area contributed by atoms with Gasteiger partial charge in [0.25, 0.3) is 0 Å². The number of hydrogen-bond donors (Lipinski definition) is 0. The predicted octanol–water partition coefficient (Wildman–Crippen LogP) is 5.39. The molecule has 0 unspecified atom stereocenters. The highest BCUT2D eigenvalue weighted by Gasteiger charge is 2.18. The molecule has 0 aliphatic heterocycles. The van der Waals surface area contributed by atoms with Gasteiger partial charge in [-0.3, -0.25) is 0 Å². The van der Waals surface area contributed by atoms with Gasteiger partial charge in [-0.15, -0.1) is 26.7 Å². The number of hydrogen-bond acceptors (Lipinski definition) is 0. The van der Waals surface area contributed by atoms with E-state index in [9.17, 15) is 0 Å². The van der Waals surface area contributed by atoms with Gasteiger partial charge in [0, 0.05) is 0 Å².